The number of hydrogen-bond acceptors (Lipinski definition) is 5. The van der Waals surface area contributed by atoms with E-state index in [-0.39, 0.29) is 0 Å². The summed E-state index contributed by atoms with van der Waals surface area (Å²) in [5, 5.41) is 0.945. The Morgan fingerprint density at radius 2 is 1.22 bits per heavy atom. The summed E-state index contributed by atoms with van der Waals surface area (Å²) in [7, 11) is 3.36. The third-order valence-corrected chi connectivity index (χ3v) is 5.61. The van der Waals surface area contributed by atoms with Crippen LogP contribution in [0.3, 0.4) is 0 Å². The molecule has 0 N–H and O–H groups in total. The highest BCUT2D eigenvalue weighted by molar-refractivity contribution is 8.13. The number of thioether (sulfide) groups is 1. The zero-order valence-electron chi connectivity index (χ0n) is 19.1. The minimum absolute atomic E-state index is 0.649. The predicted molar refractivity (Wildman–Crippen MR) is 133 cm³/mol. The Kier molecular flexibility index (Phi) is 8.87. The van der Waals surface area contributed by atoms with Crippen LogP contribution in [0.25, 0.3) is 0 Å². The summed E-state index contributed by atoms with van der Waals surface area (Å²) >= 11 is 1.64. The van der Waals surface area contributed by atoms with Gasteiger partial charge in [0.05, 0.1) is 26.5 Å². The molecule has 3 rings (SSSR count). The van der Waals surface area contributed by atoms with Gasteiger partial charge in [0, 0.05) is 13.1 Å². The van der Waals surface area contributed by atoms with Gasteiger partial charge in [0.1, 0.15) is 17.2 Å². The highest BCUT2D eigenvalue weighted by Crippen LogP contribution is 2.24. The molecule has 0 atom stereocenters. The fourth-order valence-corrected chi connectivity index (χ4v) is 3.82. The topological polar surface area (TPSA) is 43.3 Å². The molecule has 3 aromatic carbocycles. The Morgan fingerprint density at radius 3 is 1.62 bits per heavy atom. The van der Waals surface area contributed by atoms with Crippen molar-refractivity contribution in [3.8, 4) is 17.2 Å². The Morgan fingerprint density at radius 1 is 0.750 bits per heavy atom. The van der Waals surface area contributed by atoms with Crippen molar-refractivity contribution >= 4 is 22.6 Å². The van der Waals surface area contributed by atoms with Gasteiger partial charge in [-0.3, -0.25) is 0 Å². The second-order valence-corrected chi connectivity index (χ2v) is 7.85. The molecule has 0 saturated heterocycles. The number of ether oxygens (including phenoxy) is 3. The molecule has 6 heteroatoms. The van der Waals surface area contributed by atoms with Crippen LogP contribution in [-0.4, -0.2) is 37.1 Å². The van der Waals surface area contributed by atoms with Crippen molar-refractivity contribution < 1.29 is 14.2 Å². The standard InChI is InChI=1S/C26H30N2O3S/c1-5-31-25-16-10-22(11-17-25)27-26(32-4)28(18-20-6-12-23(29-2)13-7-20)19-21-8-14-24(30-3)15-9-21/h6-17H,5,18-19H2,1-4H3. The average Bonchev–Trinajstić information content (AvgIpc) is 2.84. The SMILES string of the molecule is CCOc1ccc(N=C(SC)N(Cc2ccc(OC)cc2)Cc2ccc(OC)cc2)cc1. The molecule has 0 bridgehead atoms. The number of rotatable bonds is 9. The average molecular weight is 451 g/mol. The van der Waals surface area contributed by atoms with Gasteiger partial charge in [-0.1, -0.05) is 36.0 Å². The van der Waals surface area contributed by atoms with E-state index in [2.05, 4.69) is 35.4 Å². The molecule has 3 aromatic rings. The van der Waals surface area contributed by atoms with Crippen LogP contribution in [0, 0.1) is 0 Å². The van der Waals surface area contributed by atoms with Crippen molar-refractivity contribution in [3.63, 3.8) is 0 Å². The van der Waals surface area contributed by atoms with Crippen molar-refractivity contribution in [1.29, 1.82) is 0 Å². The first-order valence-electron chi connectivity index (χ1n) is 10.5. The van der Waals surface area contributed by atoms with Crippen LogP contribution in [0.2, 0.25) is 0 Å². The lowest BCUT2D eigenvalue weighted by atomic mass is 10.1. The Labute approximate surface area is 195 Å². The van der Waals surface area contributed by atoms with Crippen molar-refractivity contribution in [2.75, 3.05) is 27.1 Å². The second-order valence-electron chi connectivity index (χ2n) is 7.08. The van der Waals surface area contributed by atoms with Crippen LogP contribution in [0.5, 0.6) is 17.2 Å². The lowest BCUT2D eigenvalue weighted by Gasteiger charge is -2.26. The van der Waals surface area contributed by atoms with Gasteiger partial charge < -0.3 is 19.1 Å². The van der Waals surface area contributed by atoms with E-state index in [1.54, 1.807) is 26.0 Å². The van der Waals surface area contributed by atoms with Crippen LogP contribution in [-0.2, 0) is 13.1 Å². The molecule has 0 amide bonds. The highest BCUT2D eigenvalue weighted by Gasteiger charge is 2.13. The molecule has 0 radical (unpaired) electrons. The summed E-state index contributed by atoms with van der Waals surface area (Å²) < 4.78 is 16.2. The van der Waals surface area contributed by atoms with Gasteiger partial charge in [-0.05, 0) is 72.8 Å². The lowest BCUT2D eigenvalue weighted by molar-refractivity contribution is 0.340. The van der Waals surface area contributed by atoms with Crippen LogP contribution in [0.1, 0.15) is 18.1 Å². The number of methoxy groups -OCH3 is 2. The molecule has 168 valence electrons. The molecule has 32 heavy (non-hydrogen) atoms. The molecule has 0 aliphatic carbocycles. The van der Waals surface area contributed by atoms with E-state index in [4.69, 9.17) is 19.2 Å². The molecule has 5 nitrogen and oxygen atoms in total. The molecule has 0 saturated carbocycles. The van der Waals surface area contributed by atoms with E-state index in [1.807, 2.05) is 55.5 Å². The maximum absolute atomic E-state index is 5.55. The molecule has 0 unspecified atom stereocenters. The number of hydrogen-bond donors (Lipinski definition) is 0. The predicted octanol–water partition coefficient (Wildman–Crippen LogP) is 6.16. The van der Waals surface area contributed by atoms with Crippen molar-refractivity contribution in [1.82, 2.24) is 4.90 Å². The van der Waals surface area contributed by atoms with Gasteiger partial charge >= 0.3 is 0 Å². The first-order valence-corrected chi connectivity index (χ1v) is 11.7. The van der Waals surface area contributed by atoms with E-state index < -0.39 is 0 Å². The van der Waals surface area contributed by atoms with Crippen molar-refractivity contribution in [3.05, 3.63) is 83.9 Å². The van der Waals surface area contributed by atoms with Gasteiger partial charge in [-0.2, -0.15) is 0 Å². The second kappa shape index (κ2) is 12.1. The largest absolute Gasteiger partial charge is 0.497 e. The first kappa shape index (κ1) is 23.5. The van der Waals surface area contributed by atoms with Gasteiger partial charge in [0.2, 0.25) is 0 Å². The van der Waals surface area contributed by atoms with Crippen molar-refractivity contribution in [2.24, 2.45) is 4.99 Å². The summed E-state index contributed by atoms with van der Waals surface area (Å²) in [5.74, 6) is 2.55. The zero-order valence-corrected chi connectivity index (χ0v) is 19.9. The third kappa shape index (κ3) is 6.69. The summed E-state index contributed by atoms with van der Waals surface area (Å²) in [6.07, 6.45) is 2.06. The number of aliphatic imine (C=N–C) groups is 1. The molecule has 0 heterocycles. The number of amidine groups is 1. The zero-order chi connectivity index (χ0) is 22.8. The maximum atomic E-state index is 5.55. The molecular formula is C26H30N2O3S. The van der Waals surface area contributed by atoms with Gasteiger partial charge in [-0.25, -0.2) is 4.99 Å². The van der Waals surface area contributed by atoms with E-state index in [0.717, 1.165) is 41.2 Å². The van der Waals surface area contributed by atoms with Crippen molar-refractivity contribution in [2.45, 2.75) is 20.0 Å². The molecule has 0 fully saturated rings. The fourth-order valence-electron chi connectivity index (χ4n) is 3.23. The fraction of sp³-hybridized carbons (Fsp3) is 0.269. The summed E-state index contributed by atoms with van der Waals surface area (Å²) in [6, 6.07) is 24.2. The van der Waals surface area contributed by atoms with Crippen LogP contribution in [0.15, 0.2) is 77.8 Å². The number of nitrogens with zero attached hydrogens (tertiary/aromatic N) is 2. The van der Waals surface area contributed by atoms with Gasteiger partial charge in [0.15, 0.2) is 5.17 Å². The first-order chi connectivity index (χ1) is 15.6. The quantitative estimate of drug-likeness (QED) is 0.289. The molecule has 0 aliphatic heterocycles. The smallest absolute Gasteiger partial charge is 0.164 e. The lowest BCUT2D eigenvalue weighted by Crippen LogP contribution is -2.27. The van der Waals surface area contributed by atoms with E-state index in [0.29, 0.717) is 6.61 Å². The van der Waals surface area contributed by atoms with E-state index in [9.17, 15) is 0 Å². The highest BCUT2D eigenvalue weighted by atomic mass is 32.2. The van der Waals surface area contributed by atoms with E-state index >= 15 is 0 Å². The Balaban J connectivity index is 1.87. The van der Waals surface area contributed by atoms with Crippen LogP contribution < -0.4 is 14.2 Å². The maximum Gasteiger partial charge on any atom is 0.164 e. The number of benzene rings is 3. The molecule has 0 aromatic heterocycles. The minimum Gasteiger partial charge on any atom is -0.497 e. The van der Waals surface area contributed by atoms with Crippen LogP contribution in [0.4, 0.5) is 5.69 Å². The summed E-state index contributed by atoms with van der Waals surface area (Å²) in [6.45, 7) is 4.09. The monoisotopic (exact) mass is 450 g/mol. The minimum atomic E-state index is 0.649. The van der Waals surface area contributed by atoms with E-state index in [1.165, 1.54) is 11.1 Å². The van der Waals surface area contributed by atoms with Crippen LogP contribution >= 0.6 is 11.8 Å². The molecule has 0 spiro atoms. The normalized spacial score (nSPS) is 11.2. The third-order valence-electron chi connectivity index (χ3n) is 4.89. The van der Waals surface area contributed by atoms with Gasteiger partial charge in [0.25, 0.3) is 0 Å². The Hall–Kier alpha value is -3.12. The molecule has 0 aliphatic rings. The summed E-state index contributed by atoms with van der Waals surface area (Å²) in [5.41, 5.74) is 3.27. The summed E-state index contributed by atoms with van der Waals surface area (Å²) in [4.78, 5) is 7.22. The van der Waals surface area contributed by atoms with Gasteiger partial charge in [-0.15, -0.1) is 0 Å². The molecular weight excluding hydrogens is 420 g/mol. The Bertz CT molecular complexity index is 938.